The molecule has 1 atom stereocenters. The van der Waals surface area contributed by atoms with E-state index in [0.717, 1.165) is 5.56 Å². The Balaban J connectivity index is 1.78. The number of hydrogen-bond donors (Lipinski definition) is 3. The minimum Gasteiger partial charge on any atom is -0.388 e. The van der Waals surface area contributed by atoms with Gasteiger partial charge in [0.2, 0.25) is 0 Å². The number of aliphatic hydroxyl groups excluding tert-OH is 1. The number of benzene rings is 2. The van der Waals surface area contributed by atoms with Crippen molar-refractivity contribution in [1.82, 2.24) is 5.32 Å². The highest BCUT2D eigenvalue weighted by molar-refractivity contribution is 6.41. The minimum atomic E-state index is -0.799. The Morgan fingerprint density at radius 1 is 1.00 bits per heavy atom. The molecule has 3 N–H and O–H groups in total. The first-order valence-corrected chi connectivity index (χ1v) is 7.52. The molecule has 23 heavy (non-hydrogen) atoms. The summed E-state index contributed by atoms with van der Waals surface area (Å²) >= 11 is 5.91. The van der Waals surface area contributed by atoms with Crippen molar-refractivity contribution in [1.29, 1.82) is 0 Å². The Morgan fingerprint density at radius 3 is 2.35 bits per heavy atom. The molecule has 2 rings (SSSR count). The fourth-order valence-corrected chi connectivity index (χ4v) is 2.17. The molecule has 0 fully saturated rings. The Morgan fingerprint density at radius 2 is 1.65 bits per heavy atom. The van der Waals surface area contributed by atoms with Gasteiger partial charge in [-0.1, -0.05) is 54.1 Å². The van der Waals surface area contributed by atoms with Crippen LogP contribution in [0.25, 0.3) is 0 Å². The summed E-state index contributed by atoms with van der Waals surface area (Å²) in [7, 11) is 0. The third-order valence-electron chi connectivity index (χ3n) is 3.22. The normalized spacial score (nSPS) is 11.6. The van der Waals surface area contributed by atoms with Crippen LogP contribution < -0.4 is 10.6 Å². The van der Waals surface area contributed by atoms with Gasteiger partial charge in [0.25, 0.3) is 0 Å². The van der Waals surface area contributed by atoms with Crippen molar-refractivity contribution in [2.24, 2.45) is 0 Å². The molecular weight excluding hydrogens is 316 g/mol. The van der Waals surface area contributed by atoms with Gasteiger partial charge in [-0.2, -0.15) is 0 Å². The average Bonchev–Trinajstić information content (AvgIpc) is 2.57. The second-order valence-corrected chi connectivity index (χ2v) is 5.31. The van der Waals surface area contributed by atoms with Crippen LogP contribution in [0, 0.1) is 0 Å². The van der Waals surface area contributed by atoms with Gasteiger partial charge >= 0.3 is 11.8 Å². The second kappa shape index (κ2) is 8.31. The molecule has 0 heterocycles. The standard InChI is InChI=1S/C17H17ClN2O3/c18-13-8-4-5-9-14(13)20-17(23)16(22)19-11-10-15(21)12-6-2-1-3-7-12/h1-9,15,21H,10-11H2,(H,19,22)(H,20,23)/t15-/m0/s1. The maximum atomic E-state index is 11.8. The van der Waals surface area contributed by atoms with Crippen LogP contribution >= 0.6 is 11.6 Å². The number of rotatable bonds is 5. The van der Waals surface area contributed by atoms with Crippen molar-refractivity contribution in [2.45, 2.75) is 12.5 Å². The zero-order valence-corrected chi connectivity index (χ0v) is 13.1. The molecular formula is C17H17ClN2O3. The molecule has 2 aromatic rings. The molecule has 0 saturated heterocycles. The lowest BCUT2D eigenvalue weighted by Gasteiger charge is -2.11. The van der Waals surface area contributed by atoms with Crippen molar-refractivity contribution >= 4 is 29.1 Å². The smallest absolute Gasteiger partial charge is 0.313 e. The second-order valence-electron chi connectivity index (χ2n) is 4.91. The van der Waals surface area contributed by atoms with Gasteiger partial charge < -0.3 is 15.7 Å². The van der Waals surface area contributed by atoms with Gasteiger partial charge in [-0.15, -0.1) is 0 Å². The zero-order chi connectivity index (χ0) is 16.7. The summed E-state index contributed by atoms with van der Waals surface area (Å²) in [6.45, 7) is 0.185. The fourth-order valence-electron chi connectivity index (χ4n) is 1.99. The molecule has 0 radical (unpaired) electrons. The molecule has 120 valence electrons. The van der Waals surface area contributed by atoms with Crippen molar-refractivity contribution in [3.63, 3.8) is 0 Å². The van der Waals surface area contributed by atoms with Gasteiger partial charge in [0.15, 0.2) is 0 Å². The molecule has 2 aromatic carbocycles. The molecule has 0 bridgehead atoms. The third kappa shape index (κ3) is 5.09. The molecule has 0 aromatic heterocycles. The van der Waals surface area contributed by atoms with Crippen molar-refractivity contribution in [3.05, 3.63) is 65.2 Å². The fraction of sp³-hybridized carbons (Fsp3) is 0.176. The SMILES string of the molecule is O=C(NCC[C@H](O)c1ccccc1)C(=O)Nc1ccccc1Cl. The van der Waals surface area contributed by atoms with E-state index in [9.17, 15) is 14.7 Å². The summed E-state index contributed by atoms with van der Waals surface area (Å²) in [6.07, 6.45) is -0.377. The van der Waals surface area contributed by atoms with E-state index in [1.807, 2.05) is 18.2 Å². The highest BCUT2D eigenvalue weighted by Crippen LogP contribution is 2.20. The molecule has 5 nitrogen and oxygen atoms in total. The van der Waals surface area contributed by atoms with Gasteiger partial charge in [-0.3, -0.25) is 9.59 Å². The zero-order valence-electron chi connectivity index (χ0n) is 12.3. The van der Waals surface area contributed by atoms with E-state index < -0.39 is 17.9 Å². The summed E-state index contributed by atoms with van der Waals surface area (Å²) in [6, 6.07) is 15.8. The molecule has 0 unspecified atom stereocenters. The highest BCUT2D eigenvalue weighted by Gasteiger charge is 2.15. The van der Waals surface area contributed by atoms with Crippen LogP contribution in [0.3, 0.4) is 0 Å². The number of halogens is 1. The Hall–Kier alpha value is -2.37. The topological polar surface area (TPSA) is 78.4 Å². The predicted octanol–water partition coefficient (Wildman–Crippen LogP) is 2.52. The first-order valence-electron chi connectivity index (χ1n) is 7.14. The summed E-state index contributed by atoms with van der Waals surface area (Å²) in [5, 5.41) is 15.2. The molecule has 0 spiro atoms. The maximum Gasteiger partial charge on any atom is 0.313 e. The monoisotopic (exact) mass is 332 g/mol. The van der Waals surface area contributed by atoms with Gasteiger partial charge in [0, 0.05) is 6.54 Å². The largest absolute Gasteiger partial charge is 0.388 e. The van der Waals surface area contributed by atoms with Gasteiger partial charge in [-0.05, 0) is 24.1 Å². The lowest BCUT2D eigenvalue weighted by Crippen LogP contribution is -2.36. The van der Waals surface area contributed by atoms with Crippen LogP contribution in [0.2, 0.25) is 5.02 Å². The number of carbonyl (C=O) groups excluding carboxylic acids is 2. The van der Waals surface area contributed by atoms with Crippen LogP contribution in [0.1, 0.15) is 18.1 Å². The molecule has 0 saturated carbocycles. The van der Waals surface area contributed by atoms with E-state index in [4.69, 9.17) is 11.6 Å². The van der Waals surface area contributed by atoms with Crippen molar-refractivity contribution < 1.29 is 14.7 Å². The van der Waals surface area contributed by atoms with E-state index in [1.54, 1.807) is 36.4 Å². The number of aliphatic hydroxyl groups is 1. The number of nitrogens with one attached hydrogen (secondary N) is 2. The van der Waals surface area contributed by atoms with Crippen LogP contribution in [-0.4, -0.2) is 23.5 Å². The molecule has 0 aliphatic rings. The van der Waals surface area contributed by atoms with Crippen LogP contribution in [0.4, 0.5) is 5.69 Å². The van der Waals surface area contributed by atoms with E-state index in [-0.39, 0.29) is 6.54 Å². The van der Waals surface area contributed by atoms with E-state index in [0.29, 0.717) is 17.1 Å². The molecule has 0 aliphatic carbocycles. The lowest BCUT2D eigenvalue weighted by atomic mass is 10.1. The van der Waals surface area contributed by atoms with E-state index in [2.05, 4.69) is 10.6 Å². The van der Waals surface area contributed by atoms with E-state index in [1.165, 1.54) is 0 Å². The average molecular weight is 333 g/mol. The summed E-state index contributed by atoms with van der Waals surface area (Å²) in [5.74, 6) is -1.57. The van der Waals surface area contributed by atoms with Crippen LogP contribution in [0.15, 0.2) is 54.6 Å². The number of hydrogen-bond acceptors (Lipinski definition) is 3. The summed E-state index contributed by atoms with van der Waals surface area (Å²) in [5.41, 5.74) is 1.14. The Bertz CT molecular complexity index is 677. The molecule has 6 heteroatoms. The third-order valence-corrected chi connectivity index (χ3v) is 3.55. The van der Waals surface area contributed by atoms with E-state index >= 15 is 0 Å². The first kappa shape index (κ1) is 17.0. The van der Waals surface area contributed by atoms with Gasteiger partial charge in [0.05, 0.1) is 16.8 Å². The number of carbonyl (C=O) groups is 2. The van der Waals surface area contributed by atoms with Crippen molar-refractivity contribution in [2.75, 3.05) is 11.9 Å². The Kier molecular flexibility index (Phi) is 6.14. The van der Waals surface area contributed by atoms with Gasteiger partial charge in [-0.25, -0.2) is 0 Å². The summed E-state index contributed by atoms with van der Waals surface area (Å²) in [4.78, 5) is 23.5. The van der Waals surface area contributed by atoms with Crippen molar-refractivity contribution in [3.8, 4) is 0 Å². The predicted molar refractivity (Wildman–Crippen MR) is 89.1 cm³/mol. The van der Waals surface area contributed by atoms with Crippen LogP contribution in [-0.2, 0) is 9.59 Å². The van der Waals surface area contributed by atoms with Crippen LogP contribution in [0.5, 0.6) is 0 Å². The summed E-state index contributed by atoms with van der Waals surface area (Å²) < 4.78 is 0. The van der Waals surface area contributed by atoms with Gasteiger partial charge in [0.1, 0.15) is 0 Å². The number of para-hydroxylation sites is 1. The lowest BCUT2D eigenvalue weighted by molar-refractivity contribution is -0.136. The Labute approximate surface area is 139 Å². The number of amides is 2. The molecule has 0 aliphatic heterocycles. The first-order chi connectivity index (χ1) is 11.1. The number of anilines is 1. The quantitative estimate of drug-likeness (QED) is 0.736. The maximum absolute atomic E-state index is 11.8. The minimum absolute atomic E-state index is 0.185. The highest BCUT2D eigenvalue weighted by atomic mass is 35.5. The molecule has 2 amide bonds.